The van der Waals surface area contributed by atoms with E-state index < -0.39 is 0 Å². The lowest BCUT2D eigenvalue weighted by molar-refractivity contribution is -0.115. The highest BCUT2D eigenvalue weighted by molar-refractivity contribution is 8.01. The van der Waals surface area contributed by atoms with Crippen molar-refractivity contribution in [3.63, 3.8) is 0 Å². The van der Waals surface area contributed by atoms with Gasteiger partial charge in [-0.3, -0.25) is 9.59 Å². The summed E-state index contributed by atoms with van der Waals surface area (Å²) in [5.74, 6) is 1.40. The second kappa shape index (κ2) is 9.11. The Morgan fingerprint density at radius 3 is 2.61 bits per heavy atom. The molecule has 0 unspecified atom stereocenters. The summed E-state index contributed by atoms with van der Waals surface area (Å²) in [6, 6.07) is 9.30. The van der Waals surface area contributed by atoms with Crippen LogP contribution in [0.5, 0.6) is 11.5 Å². The molecule has 31 heavy (non-hydrogen) atoms. The molecule has 6 nitrogen and oxygen atoms in total. The van der Waals surface area contributed by atoms with Crippen molar-refractivity contribution < 1.29 is 19.1 Å². The van der Waals surface area contributed by atoms with Crippen LogP contribution in [-0.2, 0) is 11.2 Å². The van der Waals surface area contributed by atoms with Crippen molar-refractivity contribution in [2.75, 3.05) is 17.9 Å². The smallest absolute Gasteiger partial charge is 0.231 e. The van der Waals surface area contributed by atoms with E-state index in [2.05, 4.69) is 22.4 Å². The standard InChI is InChI=1S/C23H22N2O4S2/c1-13-6-14(2)22(15(3)7-13)25-21(27)9-17-10-30-23(24-17)31-11-18(26)16-4-5-19-20(8-16)29-12-28-19/h4-8,10H,9,11-12H2,1-3H3,(H,25,27). The Kier molecular flexibility index (Phi) is 6.29. The molecular weight excluding hydrogens is 432 g/mol. The number of anilines is 1. The summed E-state index contributed by atoms with van der Waals surface area (Å²) in [7, 11) is 0. The molecule has 0 saturated heterocycles. The van der Waals surface area contributed by atoms with Gasteiger partial charge >= 0.3 is 0 Å². The summed E-state index contributed by atoms with van der Waals surface area (Å²) >= 11 is 2.81. The summed E-state index contributed by atoms with van der Waals surface area (Å²) in [6.07, 6.45) is 0.194. The lowest BCUT2D eigenvalue weighted by atomic mass is 10.0. The number of aryl methyl sites for hydroxylation is 3. The fourth-order valence-electron chi connectivity index (χ4n) is 3.44. The second-order valence-electron chi connectivity index (χ2n) is 7.38. The van der Waals surface area contributed by atoms with E-state index in [-0.39, 0.29) is 30.7 Å². The average Bonchev–Trinajstić information content (AvgIpc) is 3.37. The highest BCUT2D eigenvalue weighted by Gasteiger charge is 2.17. The number of fused-ring (bicyclic) bond motifs is 1. The fraction of sp³-hybridized carbons (Fsp3) is 0.261. The van der Waals surface area contributed by atoms with Crippen LogP contribution in [0.1, 0.15) is 32.7 Å². The Morgan fingerprint density at radius 2 is 1.84 bits per heavy atom. The van der Waals surface area contributed by atoms with E-state index in [1.165, 1.54) is 28.7 Å². The number of amides is 1. The van der Waals surface area contributed by atoms with Crippen LogP contribution in [-0.4, -0.2) is 29.2 Å². The van der Waals surface area contributed by atoms with E-state index in [0.29, 0.717) is 22.8 Å². The summed E-state index contributed by atoms with van der Waals surface area (Å²) in [5.41, 5.74) is 5.39. The van der Waals surface area contributed by atoms with Gasteiger partial charge in [0.2, 0.25) is 12.7 Å². The van der Waals surface area contributed by atoms with Gasteiger partial charge in [-0.15, -0.1) is 11.3 Å². The van der Waals surface area contributed by atoms with Gasteiger partial charge in [0.1, 0.15) is 0 Å². The van der Waals surface area contributed by atoms with E-state index in [1.54, 1.807) is 18.2 Å². The Morgan fingerprint density at radius 1 is 1.10 bits per heavy atom. The number of nitrogens with zero attached hydrogens (tertiary/aromatic N) is 1. The van der Waals surface area contributed by atoms with Crippen molar-refractivity contribution in [1.29, 1.82) is 0 Å². The van der Waals surface area contributed by atoms with Crippen molar-refractivity contribution in [1.82, 2.24) is 4.98 Å². The van der Waals surface area contributed by atoms with Crippen LogP contribution >= 0.6 is 23.1 Å². The number of nitrogens with one attached hydrogen (secondary N) is 1. The zero-order valence-corrected chi connectivity index (χ0v) is 19.1. The fourth-order valence-corrected chi connectivity index (χ4v) is 5.18. The first-order valence-electron chi connectivity index (χ1n) is 9.77. The number of Topliss-reactive ketones (excluding diaryl/α,β-unsaturated/α-hetero) is 1. The minimum Gasteiger partial charge on any atom is -0.454 e. The molecule has 2 heterocycles. The molecule has 2 aromatic carbocycles. The maximum absolute atomic E-state index is 12.5. The molecule has 160 valence electrons. The average molecular weight is 455 g/mol. The molecule has 0 fully saturated rings. The predicted octanol–water partition coefficient (Wildman–Crippen LogP) is 4.95. The first-order valence-corrected chi connectivity index (χ1v) is 11.6. The number of hydrogen-bond donors (Lipinski definition) is 1. The Bertz CT molecular complexity index is 1130. The Hall–Kier alpha value is -2.84. The first-order chi connectivity index (χ1) is 14.9. The number of thiazole rings is 1. The van der Waals surface area contributed by atoms with Crippen molar-refractivity contribution in [3.05, 3.63) is 63.7 Å². The van der Waals surface area contributed by atoms with Crippen molar-refractivity contribution in [2.45, 2.75) is 31.5 Å². The largest absolute Gasteiger partial charge is 0.454 e. The van der Waals surface area contributed by atoms with Gasteiger partial charge in [0.25, 0.3) is 0 Å². The summed E-state index contributed by atoms with van der Waals surface area (Å²) in [4.78, 5) is 29.5. The molecule has 1 amide bonds. The molecule has 1 aliphatic heterocycles. The molecule has 3 aromatic rings. The van der Waals surface area contributed by atoms with Gasteiger partial charge in [0.15, 0.2) is 21.6 Å². The Balaban J connectivity index is 1.32. The molecule has 0 spiro atoms. The maximum Gasteiger partial charge on any atom is 0.231 e. The zero-order chi connectivity index (χ0) is 22.0. The third kappa shape index (κ3) is 5.08. The Labute approximate surface area is 189 Å². The number of benzene rings is 2. The van der Waals surface area contributed by atoms with Gasteiger partial charge < -0.3 is 14.8 Å². The zero-order valence-electron chi connectivity index (χ0n) is 17.5. The van der Waals surface area contributed by atoms with E-state index in [1.807, 2.05) is 26.2 Å². The predicted molar refractivity (Wildman–Crippen MR) is 123 cm³/mol. The molecule has 0 saturated carbocycles. The van der Waals surface area contributed by atoms with Crippen molar-refractivity contribution >= 4 is 40.5 Å². The van der Waals surface area contributed by atoms with Crippen LogP contribution < -0.4 is 14.8 Å². The lowest BCUT2D eigenvalue weighted by Gasteiger charge is -2.12. The summed E-state index contributed by atoms with van der Waals surface area (Å²) < 4.78 is 11.4. The van der Waals surface area contributed by atoms with E-state index in [4.69, 9.17) is 9.47 Å². The molecule has 0 atom stereocenters. The second-order valence-corrected chi connectivity index (χ2v) is 9.46. The van der Waals surface area contributed by atoms with Gasteiger partial charge in [-0.05, 0) is 50.1 Å². The minimum absolute atomic E-state index is 0.0110. The van der Waals surface area contributed by atoms with Gasteiger partial charge in [0, 0.05) is 16.6 Å². The number of hydrogen-bond acceptors (Lipinski definition) is 7. The topological polar surface area (TPSA) is 77.5 Å². The summed E-state index contributed by atoms with van der Waals surface area (Å²) in [5, 5.41) is 4.86. The van der Waals surface area contributed by atoms with E-state index in [9.17, 15) is 9.59 Å². The van der Waals surface area contributed by atoms with Crippen molar-refractivity contribution in [2.24, 2.45) is 0 Å². The number of carbonyl (C=O) groups excluding carboxylic acids is 2. The SMILES string of the molecule is Cc1cc(C)c(NC(=O)Cc2csc(SCC(=O)c3ccc4c(c3)OCO4)n2)c(C)c1. The number of rotatable bonds is 7. The highest BCUT2D eigenvalue weighted by Crippen LogP contribution is 2.33. The van der Waals surface area contributed by atoms with Crippen LogP contribution in [0.25, 0.3) is 0 Å². The quantitative estimate of drug-likeness (QED) is 0.402. The molecule has 0 radical (unpaired) electrons. The van der Waals surface area contributed by atoms with Crippen molar-refractivity contribution in [3.8, 4) is 11.5 Å². The van der Waals surface area contributed by atoms with Crippen LogP contribution in [0.3, 0.4) is 0 Å². The van der Waals surface area contributed by atoms with Crippen LogP contribution in [0.2, 0.25) is 0 Å². The molecule has 1 aliphatic rings. The van der Waals surface area contributed by atoms with Crippen LogP contribution in [0, 0.1) is 20.8 Å². The maximum atomic E-state index is 12.5. The van der Waals surface area contributed by atoms with E-state index >= 15 is 0 Å². The number of carbonyl (C=O) groups is 2. The number of aromatic nitrogens is 1. The normalized spacial score (nSPS) is 12.1. The van der Waals surface area contributed by atoms with Gasteiger partial charge in [-0.1, -0.05) is 29.5 Å². The first kappa shape index (κ1) is 21.4. The van der Waals surface area contributed by atoms with Crippen LogP contribution in [0.4, 0.5) is 5.69 Å². The number of ether oxygens (including phenoxy) is 2. The van der Waals surface area contributed by atoms with Crippen LogP contribution in [0.15, 0.2) is 40.1 Å². The monoisotopic (exact) mass is 454 g/mol. The molecule has 1 N–H and O–H groups in total. The third-order valence-electron chi connectivity index (χ3n) is 4.84. The summed E-state index contributed by atoms with van der Waals surface area (Å²) in [6.45, 7) is 6.20. The molecular formula is C23H22N2O4S2. The molecule has 4 rings (SSSR count). The van der Waals surface area contributed by atoms with E-state index in [0.717, 1.165) is 21.2 Å². The minimum atomic E-state index is -0.103. The molecule has 0 bridgehead atoms. The number of thioether (sulfide) groups is 1. The molecule has 8 heteroatoms. The number of ketones is 1. The third-order valence-corrected chi connectivity index (χ3v) is 6.90. The lowest BCUT2D eigenvalue weighted by Crippen LogP contribution is -2.16. The van der Waals surface area contributed by atoms with Gasteiger partial charge in [-0.2, -0.15) is 0 Å². The molecule has 0 aliphatic carbocycles. The molecule has 1 aromatic heterocycles. The highest BCUT2D eigenvalue weighted by atomic mass is 32.2. The van der Waals surface area contributed by atoms with Gasteiger partial charge in [-0.25, -0.2) is 4.98 Å². The van der Waals surface area contributed by atoms with Gasteiger partial charge in [0.05, 0.1) is 17.9 Å².